The van der Waals surface area contributed by atoms with Crippen molar-refractivity contribution >= 4 is 29.0 Å². The topological polar surface area (TPSA) is 81.9 Å². The predicted molar refractivity (Wildman–Crippen MR) is 169 cm³/mol. The number of thiazole rings is 1. The highest BCUT2D eigenvalue weighted by molar-refractivity contribution is 7.07. The van der Waals surface area contributed by atoms with E-state index in [-0.39, 0.29) is 11.5 Å². The first-order chi connectivity index (χ1) is 21.1. The third-order valence-corrected chi connectivity index (χ3v) is 7.95. The van der Waals surface area contributed by atoms with Crippen LogP contribution in [0.1, 0.15) is 24.1 Å². The van der Waals surface area contributed by atoms with E-state index in [1.165, 1.54) is 11.3 Å². The molecule has 1 aliphatic rings. The Morgan fingerprint density at radius 1 is 0.860 bits per heavy atom. The van der Waals surface area contributed by atoms with Gasteiger partial charge in [0, 0.05) is 11.3 Å². The Balaban J connectivity index is 1.34. The number of amides is 1. The summed E-state index contributed by atoms with van der Waals surface area (Å²) in [4.78, 5) is 33.0. The summed E-state index contributed by atoms with van der Waals surface area (Å²) in [7, 11) is 0. The summed E-state index contributed by atoms with van der Waals surface area (Å²) in [5.74, 6) is 1.12. The summed E-state index contributed by atoms with van der Waals surface area (Å²) in [5.41, 5.74) is 3.03. The Morgan fingerprint density at radius 2 is 1.49 bits per heavy atom. The van der Waals surface area contributed by atoms with Gasteiger partial charge in [0.05, 0.1) is 21.8 Å². The molecule has 5 aromatic rings. The normalized spacial score (nSPS) is 14.5. The number of carbonyl (C=O) groups excluding carboxylic acids is 1. The number of ether oxygens (including phenoxy) is 2. The average Bonchev–Trinajstić information content (AvgIpc) is 3.34. The summed E-state index contributed by atoms with van der Waals surface area (Å²) in [5, 5.41) is 2.98. The number of fused-ring (bicyclic) bond motifs is 1. The van der Waals surface area contributed by atoms with Crippen molar-refractivity contribution in [1.82, 2.24) is 4.57 Å². The Bertz CT molecular complexity index is 1950. The maximum atomic E-state index is 14.0. The molecule has 0 saturated carbocycles. The second kappa shape index (κ2) is 12.8. The van der Waals surface area contributed by atoms with E-state index in [0.29, 0.717) is 45.3 Å². The predicted octanol–water partition coefficient (Wildman–Crippen LogP) is 5.33. The standard InChI is InChI=1S/C35H29N3O4S/c1-24-31(33(39)37-27-16-7-3-8-17-27)32(25-13-5-2-6-14-25)38-34(40)30(43-35(38)36-24)23-26-15-11-12-20-29(26)42-22-21-41-28-18-9-4-10-19-28/h2-20,23,32H,21-22H2,1H3,(H,37,39)/b30-23-/t32-/m0/s1. The molecular weight excluding hydrogens is 558 g/mol. The van der Waals surface area contributed by atoms with Gasteiger partial charge in [-0.1, -0.05) is 96.3 Å². The molecule has 0 unspecified atom stereocenters. The van der Waals surface area contributed by atoms with Crippen LogP contribution in [0.4, 0.5) is 5.69 Å². The molecule has 6 rings (SSSR count). The zero-order valence-corrected chi connectivity index (χ0v) is 24.3. The van der Waals surface area contributed by atoms with Crippen molar-refractivity contribution < 1.29 is 14.3 Å². The lowest BCUT2D eigenvalue weighted by Crippen LogP contribution is -2.40. The highest BCUT2D eigenvalue weighted by Gasteiger charge is 2.32. The fraction of sp³-hybridized carbons (Fsp3) is 0.114. The first kappa shape index (κ1) is 27.9. The van der Waals surface area contributed by atoms with Crippen LogP contribution in [0.15, 0.2) is 136 Å². The number of carbonyl (C=O) groups is 1. The molecule has 8 heteroatoms. The van der Waals surface area contributed by atoms with Gasteiger partial charge in [0.1, 0.15) is 24.7 Å². The molecule has 1 aromatic heterocycles. The van der Waals surface area contributed by atoms with Crippen molar-refractivity contribution in [3.63, 3.8) is 0 Å². The quantitative estimate of drug-likeness (QED) is 0.236. The number of nitrogens with one attached hydrogen (secondary N) is 1. The van der Waals surface area contributed by atoms with Gasteiger partial charge in [-0.3, -0.25) is 14.2 Å². The molecule has 7 nitrogen and oxygen atoms in total. The van der Waals surface area contributed by atoms with Crippen molar-refractivity contribution in [3.05, 3.63) is 157 Å². The Hall–Kier alpha value is -5.21. The maximum Gasteiger partial charge on any atom is 0.271 e. The average molecular weight is 588 g/mol. The summed E-state index contributed by atoms with van der Waals surface area (Å²) in [6.45, 7) is 2.53. The van der Waals surface area contributed by atoms with Gasteiger partial charge >= 0.3 is 0 Å². The fourth-order valence-corrected chi connectivity index (χ4v) is 6.02. The lowest BCUT2D eigenvalue weighted by atomic mass is 9.95. The molecule has 0 bridgehead atoms. The van der Waals surface area contributed by atoms with Crippen LogP contribution in [0.2, 0.25) is 0 Å². The minimum Gasteiger partial charge on any atom is -0.490 e. The molecule has 0 fully saturated rings. The minimum absolute atomic E-state index is 0.225. The van der Waals surface area contributed by atoms with Gasteiger partial charge in [0.2, 0.25) is 0 Å². The van der Waals surface area contributed by atoms with Crippen LogP contribution in [0, 0.1) is 0 Å². The number of hydrogen-bond acceptors (Lipinski definition) is 6. The van der Waals surface area contributed by atoms with Crippen LogP contribution in [-0.4, -0.2) is 23.7 Å². The fourth-order valence-electron chi connectivity index (χ4n) is 4.98. The zero-order chi connectivity index (χ0) is 29.6. The third-order valence-electron chi connectivity index (χ3n) is 6.97. The molecular formula is C35H29N3O4S. The lowest BCUT2D eigenvalue weighted by Gasteiger charge is -2.25. The number of allylic oxidation sites excluding steroid dienone is 1. The van der Waals surface area contributed by atoms with Gasteiger partial charge in [0.15, 0.2) is 4.80 Å². The molecule has 1 N–H and O–H groups in total. The van der Waals surface area contributed by atoms with Crippen LogP contribution in [0.3, 0.4) is 0 Å². The summed E-state index contributed by atoms with van der Waals surface area (Å²) >= 11 is 1.29. The van der Waals surface area contributed by atoms with Gasteiger partial charge in [-0.15, -0.1) is 0 Å². The van der Waals surface area contributed by atoms with Crippen LogP contribution in [0.5, 0.6) is 11.5 Å². The molecule has 4 aromatic carbocycles. The second-order valence-corrected chi connectivity index (χ2v) is 10.9. The lowest BCUT2D eigenvalue weighted by molar-refractivity contribution is -0.113. The van der Waals surface area contributed by atoms with Crippen LogP contribution >= 0.6 is 11.3 Å². The Labute approximate surface area is 252 Å². The summed E-state index contributed by atoms with van der Waals surface area (Å²) in [6.07, 6.45) is 1.82. The van der Waals surface area contributed by atoms with Crippen LogP contribution in [-0.2, 0) is 4.79 Å². The molecule has 43 heavy (non-hydrogen) atoms. The number of hydrogen-bond donors (Lipinski definition) is 1. The van der Waals surface area contributed by atoms with Gasteiger partial charge in [0.25, 0.3) is 11.5 Å². The molecule has 214 valence electrons. The van der Waals surface area contributed by atoms with Gasteiger partial charge < -0.3 is 14.8 Å². The summed E-state index contributed by atoms with van der Waals surface area (Å²) in [6, 6.07) is 35.3. The minimum atomic E-state index is -0.634. The summed E-state index contributed by atoms with van der Waals surface area (Å²) < 4.78 is 13.9. The highest BCUT2D eigenvalue weighted by atomic mass is 32.1. The smallest absolute Gasteiger partial charge is 0.271 e. The van der Waals surface area contributed by atoms with E-state index in [1.807, 2.05) is 128 Å². The molecule has 0 spiro atoms. The van der Waals surface area contributed by atoms with E-state index in [9.17, 15) is 9.59 Å². The second-order valence-electron chi connectivity index (χ2n) is 9.86. The van der Waals surface area contributed by atoms with E-state index in [1.54, 1.807) is 4.57 Å². The zero-order valence-electron chi connectivity index (χ0n) is 23.5. The van der Waals surface area contributed by atoms with E-state index in [2.05, 4.69) is 5.32 Å². The number of aromatic nitrogens is 1. The molecule has 1 amide bonds. The Morgan fingerprint density at radius 3 is 2.23 bits per heavy atom. The monoisotopic (exact) mass is 587 g/mol. The number of anilines is 1. The Kier molecular flexibility index (Phi) is 8.28. The first-order valence-corrected chi connectivity index (χ1v) is 14.7. The largest absolute Gasteiger partial charge is 0.490 e. The number of nitrogens with zero attached hydrogens (tertiary/aromatic N) is 2. The molecule has 1 aliphatic heterocycles. The SMILES string of the molecule is CC1=C(C(=O)Nc2ccccc2)[C@H](c2ccccc2)n2c(s/c(=C\c3ccccc3OCCOc3ccccc3)c2=O)=N1. The van der Waals surface area contributed by atoms with Crippen molar-refractivity contribution in [2.45, 2.75) is 13.0 Å². The molecule has 0 radical (unpaired) electrons. The van der Waals surface area contributed by atoms with E-state index in [4.69, 9.17) is 14.5 Å². The van der Waals surface area contributed by atoms with Crippen LogP contribution < -0.4 is 29.7 Å². The van der Waals surface area contributed by atoms with Crippen molar-refractivity contribution in [2.75, 3.05) is 18.5 Å². The third kappa shape index (κ3) is 6.19. The van der Waals surface area contributed by atoms with Gasteiger partial charge in [-0.2, -0.15) is 0 Å². The molecule has 0 aliphatic carbocycles. The molecule has 2 heterocycles. The van der Waals surface area contributed by atoms with E-state index < -0.39 is 6.04 Å². The van der Waals surface area contributed by atoms with E-state index >= 15 is 0 Å². The maximum absolute atomic E-state index is 14.0. The highest BCUT2D eigenvalue weighted by Crippen LogP contribution is 2.30. The number of rotatable bonds is 9. The first-order valence-electron chi connectivity index (χ1n) is 13.9. The van der Waals surface area contributed by atoms with Gasteiger partial charge in [-0.05, 0) is 48.9 Å². The molecule has 0 saturated heterocycles. The van der Waals surface area contributed by atoms with Crippen molar-refractivity contribution in [2.24, 2.45) is 4.99 Å². The number of benzene rings is 4. The number of para-hydroxylation sites is 3. The van der Waals surface area contributed by atoms with Crippen molar-refractivity contribution in [3.8, 4) is 11.5 Å². The van der Waals surface area contributed by atoms with E-state index in [0.717, 1.165) is 16.9 Å². The van der Waals surface area contributed by atoms with Gasteiger partial charge in [-0.25, -0.2) is 4.99 Å². The van der Waals surface area contributed by atoms with Crippen LogP contribution in [0.25, 0.3) is 6.08 Å². The van der Waals surface area contributed by atoms with Crippen molar-refractivity contribution in [1.29, 1.82) is 0 Å². The molecule has 1 atom stereocenters.